The van der Waals surface area contributed by atoms with Crippen molar-refractivity contribution in [3.05, 3.63) is 30.1 Å². The minimum Gasteiger partial charge on any atom is -0.493 e. The first-order valence-corrected chi connectivity index (χ1v) is 8.52. The van der Waals surface area contributed by atoms with Gasteiger partial charge < -0.3 is 9.84 Å². The first-order valence-electron chi connectivity index (χ1n) is 6.70. The summed E-state index contributed by atoms with van der Waals surface area (Å²) in [5.41, 5.74) is 0. The number of aliphatic hydroxyl groups is 1. The third kappa shape index (κ3) is 4.18. The van der Waals surface area contributed by atoms with Gasteiger partial charge in [0.2, 0.25) is 0 Å². The Hall–Kier alpha value is -1.14. The molecule has 1 atom stereocenters. The quantitative estimate of drug-likeness (QED) is 0.898. The van der Waals surface area contributed by atoms with Gasteiger partial charge in [0.15, 0.2) is 0 Å². The molecule has 6 heteroatoms. The van der Waals surface area contributed by atoms with E-state index in [0.29, 0.717) is 25.2 Å². The van der Waals surface area contributed by atoms with E-state index in [1.165, 1.54) is 24.3 Å². The SMILES string of the molecule is O=S1(=O)CCC(C(CO)COc2ccc(F)cc2)CC1. The Morgan fingerprint density at radius 2 is 1.85 bits per heavy atom. The fourth-order valence-electron chi connectivity index (χ4n) is 2.45. The van der Waals surface area contributed by atoms with Gasteiger partial charge in [-0.1, -0.05) is 0 Å². The summed E-state index contributed by atoms with van der Waals surface area (Å²) in [7, 11) is -2.89. The fraction of sp³-hybridized carbons (Fsp3) is 0.571. The van der Waals surface area contributed by atoms with Crippen LogP contribution in [-0.2, 0) is 9.84 Å². The Morgan fingerprint density at radius 3 is 2.40 bits per heavy atom. The number of rotatable bonds is 5. The van der Waals surface area contributed by atoms with Crippen LogP contribution in [-0.4, -0.2) is 38.2 Å². The minimum absolute atomic E-state index is 0.0358. The van der Waals surface area contributed by atoms with Gasteiger partial charge in [0.05, 0.1) is 18.1 Å². The van der Waals surface area contributed by atoms with Crippen molar-refractivity contribution in [1.82, 2.24) is 0 Å². The number of halogens is 1. The second-order valence-electron chi connectivity index (χ2n) is 5.20. The number of aliphatic hydroxyl groups excluding tert-OH is 1. The van der Waals surface area contributed by atoms with Crippen LogP contribution in [0.5, 0.6) is 5.75 Å². The highest BCUT2D eigenvalue weighted by atomic mass is 32.2. The van der Waals surface area contributed by atoms with Crippen molar-refractivity contribution >= 4 is 9.84 Å². The molecule has 0 radical (unpaired) electrons. The molecule has 0 saturated carbocycles. The van der Waals surface area contributed by atoms with Crippen molar-refractivity contribution in [3.8, 4) is 5.75 Å². The summed E-state index contributed by atoms with van der Waals surface area (Å²) in [4.78, 5) is 0. The summed E-state index contributed by atoms with van der Waals surface area (Å²) < 4.78 is 41.1. The van der Waals surface area contributed by atoms with E-state index >= 15 is 0 Å². The van der Waals surface area contributed by atoms with Crippen molar-refractivity contribution in [1.29, 1.82) is 0 Å². The first-order chi connectivity index (χ1) is 9.50. The summed E-state index contributed by atoms with van der Waals surface area (Å²) >= 11 is 0. The van der Waals surface area contributed by atoms with E-state index in [-0.39, 0.29) is 35.8 Å². The van der Waals surface area contributed by atoms with Crippen LogP contribution >= 0.6 is 0 Å². The maximum Gasteiger partial charge on any atom is 0.150 e. The van der Waals surface area contributed by atoms with Crippen LogP contribution in [0, 0.1) is 17.7 Å². The van der Waals surface area contributed by atoms with E-state index in [9.17, 15) is 17.9 Å². The predicted octanol–water partition coefficient (Wildman–Crippen LogP) is 1.64. The summed E-state index contributed by atoms with van der Waals surface area (Å²) in [5, 5.41) is 9.44. The van der Waals surface area contributed by atoms with Gasteiger partial charge in [-0.3, -0.25) is 0 Å². The molecule has 4 nitrogen and oxygen atoms in total. The van der Waals surface area contributed by atoms with Crippen LogP contribution in [0.25, 0.3) is 0 Å². The van der Waals surface area contributed by atoms with E-state index in [1.807, 2.05) is 0 Å². The molecule has 1 saturated heterocycles. The smallest absolute Gasteiger partial charge is 0.150 e. The van der Waals surface area contributed by atoms with Gasteiger partial charge >= 0.3 is 0 Å². The average molecular weight is 302 g/mol. The lowest BCUT2D eigenvalue weighted by Crippen LogP contribution is -2.32. The van der Waals surface area contributed by atoms with Crippen LogP contribution in [0.2, 0.25) is 0 Å². The molecule has 1 fully saturated rings. The molecule has 1 aromatic carbocycles. The van der Waals surface area contributed by atoms with Gasteiger partial charge in [0, 0.05) is 12.5 Å². The maximum absolute atomic E-state index is 12.8. The largest absolute Gasteiger partial charge is 0.493 e. The first kappa shape index (κ1) is 15.3. The molecule has 1 unspecified atom stereocenters. The molecular formula is C14H19FO4S. The normalized spacial score (nSPS) is 20.5. The summed E-state index contributed by atoms with van der Waals surface area (Å²) in [6.07, 6.45) is 1.14. The topological polar surface area (TPSA) is 63.6 Å². The summed E-state index contributed by atoms with van der Waals surface area (Å²) in [6, 6.07) is 5.71. The Bertz CT molecular complexity index is 513. The monoisotopic (exact) mass is 302 g/mol. The third-order valence-corrected chi connectivity index (χ3v) is 5.49. The second kappa shape index (κ2) is 6.54. The molecule has 2 rings (SSSR count). The van der Waals surface area contributed by atoms with Crippen LogP contribution in [0.1, 0.15) is 12.8 Å². The highest BCUT2D eigenvalue weighted by molar-refractivity contribution is 7.91. The lowest BCUT2D eigenvalue weighted by atomic mass is 9.88. The summed E-state index contributed by atoms with van der Waals surface area (Å²) in [5.74, 6) is 0.663. The average Bonchev–Trinajstić information content (AvgIpc) is 2.43. The molecule has 1 aliphatic heterocycles. The fourth-order valence-corrected chi connectivity index (χ4v) is 3.98. The molecular weight excluding hydrogens is 283 g/mol. The number of ether oxygens (including phenoxy) is 1. The Labute approximate surface area is 118 Å². The van der Waals surface area contributed by atoms with Crippen LogP contribution in [0.4, 0.5) is 4.39 Å². The Balaban J connectivity index is 1.88. The molecule has 0 aliphatic carbocycles. The lowest BCUT2D eigenvalue weighted by Gasteiger charge is -2.28. The van der Waals surface area contributed by atoms with Crippen molar-refractivity contribution in [2.75, 3.05) is 24.7 Å². The van der Waals surface area contributed by atoms with Crippen LogP contribution < -0.4 is 4.74 Å². The van der Waals surface area contributed by atoms with Gasteiger partial charge in [-0.15, -0.1) is 0 Å². The van der Waals surface area contributed by atoms with E-state index in [4.69, 9.17) is 4.74 Å². The zero-order valence-electron chi connectivity index (χ0n) is 11.2. The Morgan fingerprint density at radius 1 is 1.25 bits per heavy atom. The van der Waals surface area contributed by atoms with Gasteiger partial charge in [-0.05, 0) is 43.0 Å². The number of benzene rings is 1. The van der Waals surface area contributed by atoms with Crippen molar-refractivity contribution in [2.24, 2.45) is 11.8 Å². The Kier molecular flexibility index (Phi) is 4.99. The van der Waals surface area contributed by atoms with Crippen molar-refractivity contribution in [3.63, 3.8) is 0 Å². The van der Waals surface area contributed by atoms with E-state index in [2.05, 4.69) is 0 Å². The molecule has 1 heterocycles. The van der Waals surface area contributed by atoms with Crippen molar-refractivity contribution in [2.45, 2.75) is 12.8 Å². The highest BCUT2D eigenvalue weighted by Gasteiger charge is 2.29. The predicted molar refractivity (Wildman–Crippen MR) is 73.8 cm³/mol. The molecule has 20 heavy (non-hydrogen) atoms. The molecule has 0 bridgehead atoms. The zero-order valence-corrected chi connectivity index (χ0v) is 12.0. The standard InChI is InChI=1S/C14H19FO4S/c15-13-1-3-14(4-2-13)19-10-12(9-16)11-5-7-20(17,18)8-6-11/h1-4,11-12,16H,5-10H2. The third-order valence-electron chi connectivity index (χ3n) is 3.78. The molecule has 0 aromatic heterocycles. The second-order valence-corrected chi connectivity index (χ2v) is 7.50. The van der Waals surface area contributed by atoms with Crippen LogP contribution in [0.15, 0.2) is 24.3 Å². The van der Waals surface area contributed by atoms with E-state index in [1.54, 1.807) is 0 Å². The summed E-state index contributed by atoms with van der Waals surface area (Å²) in [6.45, 7) is 0.277. The molecule has 112 valence electrons. The molecule has 1 aromatic rings. The maximum atomic E-state index is 12.8. The molecule has 0 spiro atoms. The highest BCUT2D eigenvalue weighted by Crippen LogP contribution is 2.27. The van der Waals surface area contributed by atoms with Crippen LogP contribution in [0.3, 0.4) is 0 Å². The minimum atomic E-state index is -2.89. The number of hydrogen-bond acceptors (Lipinski definition) is 4. The number of hydrogen-bond donors (Lipinski definition) is 1. The lowest BCUT2D eigenvalue weighted by molar-refractivity contribution is 0.112. The van der Waals surface area contributed by atoms with E-state index < -0.39 is 9.84 Å². The van der Waals surface area contributed by atoms with Gasteiger partial charge in [0.25, 0.3) is 0 Å². The van der Waals surface area contributed by atoms with E-state index in [0.717, 1.165) is 0 Å². The van der Waals surface area contributed by atoms with Gasteiger partial charge in [0.1, 0.15) is 21.4 Å². The molecule has 1 N–H and O–H groups in total. The zero-order chi connectivity index (χ0) is 14.6. The van der Waals surface area contributed by atoms with Crippen molar-refractivity contribution < 1.29 is 22.7 Å². The number of sulfone groups is 1. The van der Waals surface area contributed by atoms with Gasteiger partial charge in [-0.25, -0.2) is 12.8 Å². The van der Waals surface area contributed by atoms with Gasteiger partial charge in [-0.2, -0.15) is 0 Å². The molecule has 1 aliphatic rings. The molecule has 0 amide bonds.